The minimum absolute atomic E-state index is 0.00252. The molecule has 0 radical (unpaired) electrons. The molecule has 1 amide bonds. The van der Waals surface area contributed by atoms with Crippen LogP contribution in [-0.2, 0) is 4.79 Å². The molecule has 2 bridgehead atoms. The molecule has 2 aliphatic rings. The molecule has 3 atom stereocenters. The molecular weight excluding hydrogens is 256 g/mol. The number of carbonyl (C=O) groups is 1. The highest BCUT2D eigenvalue weighted by molar-refractivity contribution is 5.91. The van der Waals surface area contributed by atoms with E-state index >= 15 is 0 Å². The highest BCUT2D eigenvalue weighted by atomic mass is 16.6. The van der Waals surface area contributed by atoms with Gasteiger partial charge in [-0.2, -0.15) is 0 Å². The number of nitrogens with one attached hydrogen (secondary N) is 1. The number of fused-ring (bicyclic) bond motifs is 2. The van der Waals surface area contributed by atoms with E-state index < -0.39 is 4.92 Å². The monoisotopic (exact) mass is 274 g/mol. The van der Waals surface area contributed by atoms with E-state index in [-0.39, 0.29) is 11.6 Å². The van der Waals surface area contributed by atoms with Gasteiger partial charge in [-0.1, -0.05) is 12.5 Å². The first-order valence-corrected chi connectivity index (χ1v) is 7.16. The van der Waals surface area contributed by atoms with Gasteiger partial charge < -0.3 is 5.32 Å². The maximum atomic E-state index is 12.0. The summed E-state index contributed by atoms with van der Waals surface area (Å²) in [4.78, 5) is 22.3. The van der Waals surface area contributed by atoms with Crippen LogP contribution in [0.5, 0.6) is 0 Å². The summed E-state index contributed by atoms with van der Waals surface area (Å²) in [6.07, 6.45) is 5.60. The van der Waals surface area contributed by atoms with Crippen molar-refractivity contribution in [1.82, 2.24) is 0 Å². The smallest absolute Gasteiger partial charge is 0.271 e. The van der Waals surface area contributed by atoms with Gasteiger partial charge in [-0.25, -0.2) is 0 Å². The van der Waals surface area contributed by atoms with E-state index in [1.807, 2.05) is 0 Å². The van der Waals surface area contributed by atoms with Gasteiger partial charge in [0.15, 0.2) is 0 Å². The molecule has 106 valence electrons. The summed E-state index contributed by atoms with van der Waals surface area (Å²) in [5.74, 6) is 2.03. The van der Waals surface area contributed by atoms with Crippen molar-refractivity contribution in [2.45, 2.75) is 32.1 Å². The number of nitrogens with zero attached hydrogens (tertiary/aromatic N) is 1. The number of non-ortho nitro benzene ring substituents is 1. The minimum Gasteiger partial charge on any atom is -0.326 e. The van der Waals surface area contributed by atoms with Gasteiger partial charge in [0.2, 0.25) is 5.91 Å². The fourth-order valence-electron chi connectivity index (χ4n) is 3.77. The number of nitro groups is 1. The van der Waals surface area contributed by atoms with Crippen molar-refractivity contribution in [2.75, 3.05) is 5.32 Å². The molecule has 2 saturated carbocycles. The predicted octanol–water partition coefficient (Wildman–Crippen LogP) is 3.36. The molecule has 0 spiro atoms. The summed E-state index contributed by atoms with van der Waals surface area (Å²) in [5, 5.41) is 13.5. The first kappa shape index (κ1) is 13.1. The lowest BCUT2D eigenvalue weighted by Crippen LogP contribution is -2.20. The summed E-state index contributed by atoms with van der Waals surface area (Å²) in [7, 11) is 0. The largest absolute Gasteiger partial charge is 0.326 e. The van der Waals surface area contributed by atoms with Crippen molar-refractivity contribution in [1.29, 1.82) is 0 Å². The molecule has 3 rings (SSSR count). The van der Waals surface area contributed by atoms with E-state index in [1.54, 1.807) is 12.1 Å². The van der Waals surface area contributed by atoms with Crippen molar-refractivity contribution >= 4 is 17.3 Å². The summed E-state index contributed by atoms with van der Waals surface area (Å²) in [5.41, 5.74) is 0.509. The molecule has 0 unspecified atom stereocenters. The van der Waals surface area contributed by atoms with Crippen LogP contribution in [0.1, 0.15) is 32.1 Å². The zero-order valence-electron chi connectivity index (χ0n) is 11.2. The second-order valence-electron chi connectivity index (χ2n) is 5.99. The van der Waals surface area contributed by atoms with Gasteiger partial charge in [0.05, 0.1) is 4.92 Å². The molecule has 0 heterocycles. The van der Waals surface area contributed by atoms with E-state index in [9.17, 15) is 14.9 Å². The Balaban J connectivity index is 1.59. The Morgan fingerprint density at radius 2 is 2.20 bits per heavy atom. The molecule has 5 heteroatoms. The topological polar surface area (TPSA) is 72.2 Å². The zero-order chi connectivity index (χ0) is 14.1. The Hall–Kier alpha value is -1.91. The summed E-state index contributed by atoms with van der Waals surface area (Å²) in [6.45, 7) is 0. The van der Waals surface area contributed by atoms with Crippen LogP contribution < -0.4 is 5.32 Å². The third kappa shape index (κ3) is 2.66. The maximum Gasteiger partial charge on any atom is 0.271 e. The van der Waals surface area contributed by atoms with Gasteiger partial charge in [0.1, 0.15) is 0 Å². The van der Waals surface area contributed by atoms with Crippen LogP contribution in [-0.4, -0.2) is 10.8 Å². The number of hydrogen-bond acceptors (Lipinski definition) is 3. The minimum atomic E-state index is -0.453. The van der Waals surface area contributed by atoms with Gasteiger partial charge >= 0.3 is 0 Å². The molecule has 1 aromatic carbocycles. The van der Waals surface area contributed by atoms with Crippen LogP contribution in [0.3, 0.4) is 0 Å². The molecule has 1 aromatic rings. The lowest BCUT2D eigenvalue weighted by Gasteiger charge is -2.20. The first-order chi connectivity index (χ1) is 9.61. The summed E-state index contributed by atoms with van der Waals surface area (Å²) < 4.78 is 0. The van der Waals surface area contributed by atoms with E-state index in [2.05, 4.69) is 5.32 Å². The van der Waals surface area contributed by atoms with E-state index in [0.717, 1.165) is 11.8 Å². The molecule has 2 fully saturated rings. The summed E-state index contributed by atoms with van der Waals surface area (Å²) in [6, 6.07) is 6.10. The highest BCUT2D eigenvalue weighted by Crippen LogP contribution is 2.49. The van der Waals surface area contributed by atoms with Crippen molar-refractivity contribution in [3.8, 4) is 0 Å². The Labute approximate surface area is 117 Å². The van der Waals surface area contributed by atoms with Crippen LogP contribution in [0.2, 0.25) is 0 Å². The summed E-state index contributed by atoms with van der Waals surface area (Å²) >= 11 is 0. The van der Waals surface area contributed by atoms with Gasteiger partial charge in [-0.15, -0.1) is 0 Å². The number of amides is 1. The van der Waals surface area contributed by atoms with Crippen LogP contribution in [0.4, 0.5) is 11.4 Å². The molecule has 0 aliphatic heterocycles. The molecular formula is C15H18N2O3. The number of hydrogen-bond donors (Lipinski definition) is 1. The van der Waals surface area contributed by atoms with Crippen LogP contribution in [0, 0.1) is 27.9 Å². The van der Waals surface area contributed by atoms with Crippen LogP contribution in [0.15, 0.2) is 24.3 Å². The third-order valence-corrected chi connectivity index (χ3v) is 4.67. The Morgan fingerprint density at radius 1 is 1.35 bits per heavy atom. The second kappa shape index (κ2) is 5.23. The Kier molecular flexibility index (Phi) is 3.42. The number of rotatable bonds is 4. The lowest BCUT2D eigenvalue weighted by atomic mass is 9.86. The predicted molar refractivity (Wildman–Crippen MR) is 75.3 cm³/mol. The quantitative estimate of drug-likeness (QED) is 0.676. The third-order valence-electron chi connectivity index (χ3n) is 4.67. The first-order valence-electron chi connectivity index (χ1n) is 7.16. The highest BCUT2D eigenvalue weighted by Gasteiger charge is 2.40. The Morgan fingerprint density at radius 3 is 2.85 bits per heavy atom. The molecule has 5 nitrogen and oxygen atoms in total. The number of anilines is 1. The van der Waals surface area contributed by atoms with Crippen molar-refractivity contribution in [3.05, 3.63) is 34.4 Å². The number of carbonyl (C=O) groups excluding carboxylic acids is 1. The maximum absolute atomic E-state index is 12.0. The SMILES string of the molecule is O=C(C[C@@H]1C[C@H]2CC[C@@H]1C2)Nc1cccc([N+](=O)[O-])c1. The van der Waals surface area contributed by atoms with Crippen LogP contribution >= 0.6 is 0 Å². The molecule has 0 aromatic heterocycles. The average Bonchev–Trinajstić information content (AvgIpc) is 3.01. The van der Waals surface area contributed by atoms with Gasteiger partial charge in [0.25, 0.3) is 5.69 Å². The second-order valence-corrected chi connectivity index (χ2v) is 5.99. The van der Waals surface area contributed by atoms with E-state index in [4.69, 9.17) is 0 Å². The van der Waals surface area contributed by atoms with E-state index in [1.165, 1.54) is 37.8 Å². The van der Waals surface area contributed by atoms with Crippen molar-refractivity contribution in [2.24, 2.45) is 17.8 Å². The van der Waals surface area contributed by atoms with Gasteiger partial charge in [-0.05, 0) is 43.1 Å². The van der Waals surface area contributed by atoms with Crippen molar-refractivity contribution in [3.63, 3.8) is 0 Å². The lowest BCUT2D eigenvalue weighted by molar-refractivity contribution is -0.384. The zero-order valence-corrected chi connectivity index (χ0v) is 11.2. The molecule has 1 N–H and O–H groups in total. The standard InChI is InChI=1S/C15H18N2O3/c18-15(8-12-7-10-4-5-11(12)6-10)16-13-2-1-3-14(9-13)17(19)20/h1-3,9-12H,4-8H2,(H,16,18)/t10-,11+,12-/m0/s1. The molecule has 0 saturated heterocycles. The van der Waals surface area contributed by atoms with Gasteiger partial charge in [-0.3, -0.25) is 14.9 Å². The normalized spacial score (nSPS) is 27.5. The number of benzene rings is 1. The fraction of sp³-hybridized carbons (Fsp3) is 0.533. The van der Waals surface area contributed by atoms with Gasteiger partial charge in [0, 0.05) is 24.2 Å². The molecule has 20 heavy (non-hydrogen) atoms. The molecule has 2 aliphatic carbocycles. The fourth-order valence-corrected chi connectivity index (χ4v) is 3.77. The van der Waals surface area contributed by atoms with Crippen molar-refractivity contribution < 1.29 is 9.72 Å². The van der Waals surface area contributed by atoms with Crippen LogP contribution in [0.25, 0.3) is 0 Å². The van der Waals surface area contributed by atoms with E-state index in [0.29, 0.717) is 18.0 Å². The average molecular weight is 274 g/mol. The Bertz CT molecular complexity index is 544. The number of nitro benzene ring substituents is 1.